The second-order valence-corrected chi connectivity index (χ2v) is 30.6. The van der Waals surface area contributed by atoms with Crippen LogP contribution >= 0.6 is 19.4 Å². The molecule has 21 nitrogen and oxygen atoms in total. The number of phosphoric acid groups is 1. The van der Waals surface area contributed by atoms with Gasteiger partial charge >= 0.3 is 26.1 Å². The molecule has 2 aliphatic rings. The first-order chi connectivity index (χ1) is 43.0. The summed E-state index contributed by atoms with van der Waals surface area (Å²) in [5, 5.41) is 18.7. The number of carboxylic acid groups (broad SMARTS) is 1. The van der Waals surface area contributed by atoms with Crippen LogP contribution in [-0.2, 0) is 91.3 Å². The molecule has 3 atom stereocenters. The summed E-state index contributed by atoms with van der Waals surface area (Å²) in [6, 6.07) is 6.26. The highest BCUT2D eigenvalue weighted by molar-refractivity contribution is 7.93. The summed E-state index contributed by atoms with van der Waals surface area (Å²) in [5.74, 6) is -11.4. The van der Waals surface area contributed by atoms with Gasteiger partial charge in [-0.3, -0.25) is 37.6 Å². The van der Waals surface area contributed by atoms with Gasteiger partial charge in [0.15, 0.2) is 21.3 Å². The van der Waals surface area contributed by atoms with Crippen LogP contribution in [0, 0.1) is 29.4 Å². The Balaban J connectivity index is 1.36. The molecule has 0 radical (unpaired) electrons. The van der Waals surface area contributed by atoms with Gasteiger partial charge in [0, 0.05) is 57.9 Å². The van der Waals surface area contributed by atoms with E-state index in [1.165, 1.54) is 55.4 Å². The summed E-state index contributed by atoms with van der Waals surface area (Å²) in [5.41, 5.74) is -3.99. The third kappa shape index (κ3) is 15.5. The summed E-state index contributed by atoms with van der Waals surface area (Å²) in [7, 11) is -14.0. The van der Waals surface area contributed by atoms with Gasteiger partial charge in [-0.05, 0) is 120 Å². The molecular weight excluding hydrogens is 1350 g/mol. The number of amides is 3. The molecule has 3 aromatic carbocycles. The fraction of sp³-hybridized carbons (Fsp3) is 0.441. The molecule has 1 fully saturated rings. The maximum absolute atomic E-state index is 15.8. The Morgan fingerprint density at radius 2 is 1.50 bits per heavy atom. The molecule has 94 heavy (non-hydrogen) atoms. The Kier molecular flexibility index (Phi) is 19.6. The monoisotopic (exact) mass is 1410 g/mol. The van der Waals surface area contributed by atoms with Gasteiger partial charge in [0.1, 0.15) is 46.6 Å². The highest BCUT2D eigenvalue weighted by Crippen LogP contribution is 2.68. The Labute approximate surface area is 536 Å². The van der Waals surface area contributed by atoms with Crippen LogP contribution < -0.4 is 19.9 Å². The van der Waals surface area contributed by atoms with E-state index in [0.29, 0.717) is 12.3 Å². The van der Waals surface area contributed by atoms with E-state index < -0.39 is 221 Å². The van der Waals surface area contributed by atoms with Crippen molar-refractivity contribution in [2.45, 2.75) is 147 Å². The molecule has 0 spiro atoms. The van der Waals surface area contributed by atoms with Gasteiger partial charge in [-0.2, -0.15) is 49.6 Å². The molecule has 3 heterocycles. The number of aliphatic carboxylic acids is 1. The van der Waals surface area contributed by atoms with Gasteiger partial charge < -0.3 is 20.7 Å². The maximum Gasteiger partial charge on any atom is 0.530 e. The largest absolute Gasteiger partial charge is 0.530 e. The lowest BCUT2D eigenvalue weighted by atomic mass is 9.77. The Morgan fingerprint density at radius 3 is 2.04 bits per heavy atom. The van der Waals surface area contributed by atoms with Gasteiger partial charge in [0.25, 0.3) is 5.92 Å². The number of fused-ring (bicyclic) bond motifs is 4. The number of nitrogens with one attached hydrogen (secondary N) is 1. The molecule has 0 unspecified atom stereocenters. The van der Waals surface area contributed by atoms with E-state index in [1.54, 1.807) is 0 Å². The van der Waals surface area contributed by atoms with Crippen LogP contribution in [0.3, 0.4) is 0 Å². The lowest BCUT2D eigenvalue weighted by Crippen LogP contribution is -2.40. The third-order valence-corrected chi connectivity index (χ3v) is 20.1. The van der Waals surface area contributed by atoms with Crippen molar-refractivity contribution in [3.63, 3.8) is 0 Å². The van der Waals surface area contributed by atoms with E-state index >= 15 is 35.5 Å². The molecule has 3 amide bonds. The Hall–Kier alpha value is -7.63. The number of sulfonamides is 1. The second-order valence-electron chi connectivity index (χ2n) is 24.3. The fourth-order valence-electron chi connectivity index (χ4n) is 11.1. The van der Waals surface area contributed by atoms with E-state index in [0.717, 1.165) is 54.8 Å². The van der Waals surface area contributed by atoms with Crippen LogP contribution in [0.25, 0.3) is 22.0 Å². The summed E-state index contributed by atoms with van der Waals surface area (Å²) >= 11 is 6.86. The molecule has 508 valence electrons. The second kappa shape index (κ2) is 25.5. The number of primary amides is 1. The molecule has 2 aliphatic carbocycles. The number of anilines is 1. The number of hydrogen-bond acceptors (Lipinski definition) is 15. The van der Waals surface area contributed by atoms with Crippen LogP contribution in [0.2, 0.25) is 5.02 Å². The van der Waals surface area contributed by atoms with Crippen molar-refractivity contribution >= 4 is 79.7 Å². The van der Waals surface area contributed by atoms with Gasteiger partial charge in [0.05, 0.1) is 52.5 Å². The molecule has 4 N–H and O–H groups in total. The molecule has 0 aliphatic heterocycles. The number of aromatic nitrogens is 5. The van der Waals surface area contributed by atoms with Gasteiger partial charge in [-0.1, -0.05) is 37.4 Å². The summed E-state index contributed by atoms with van der Waals surface area (Å²) in [4.78, 5) is 59.4. The number of halogens is 11. The Bertz CT molecular complexity index is 4420. The lowest BCUT2D eigenvalue weighted by Gasteiger charge is -2.32. The van der Waals surface area contributed by atoms with E-state index in [1.807, 2.05) is 0 Å². The predicted molar refractivity (Wildman–Crippen MR) is 320 cm³/mol. The Morgan fingerprint density at radius 1 is 0.894 bits per heavy atom. The number of hydrogen-bond donors (Lipinski definition) is 3. The van der Waals surface area contributed by atoms with Crippen LogP contribution in [-0.4, -0.2) is 106 Å². The molecule has 35 heteroatoms. The number of carbonyl (C=O) groups excluding carboxylic acids is 3. The number of carbonyl (C=O) groups is 4. The van der Waals surface area contributed by atoms with Crippen LogP contribution in [0.15, 0.2) is 54.6 Å². The highest BCUT2D eigenvalue weighted by Gasteiger charge is 2.68. The van der Waals surface area contributed by atoms with Crippen molar-refractivity contribution in [1.82, 2.24) is 29.9 Å². The van der Waals surface area contributed by atoms with Crippen molar-refractivity contribution in [3.05, 3.63) is 122 Å². The van der Waals surface area contributed by atoms with Crippen molar-refractivity contribution in [2.75, 3.05) is 16.8 Å². The predicted octanol–water partition coefficient (Wildman–Crippen LogP) is 11.0. The van der Waals surface area contributed by atoms with Crippen molar-refractivity contribution < 1.29 is 103 Å². The number of phosphoric ester groups is 1. The summed E-state index contributed by atoms with van der Waals surface area (Å²) in [6.07, 6.45) is -14.2. The van der Waals surface area contributed by atoms with Crippen molar-refractivity contribution in [1.29, 1.82) is 0 Å². The maximum atomic E-state index is 15.8. The van der Waals surface area contributed by atoms with E-state index in [4.69, 9.17) is 30.9 Å². The zero-order valence-electron chi connectivity index (χ0n) is 51.4. The molecule has 1 saturated carbocycles. The normalized spacial score (nSPS) is 16.2. The minimum Gasteiger partial charge on any atom is -0.481 e. The number of benzene rings is 3. The van der Waals surface area contributed by atoms with E-state index in [2.05, 4.69) is 32.3 Å². The first-order valence-electron chi connectivity index (χ1n) is 28.2. The van der Waals surface area contributed by atoms with Crippen molar-refractivity contribution in [3.8, 4) is 28.7 Å². The molecular formula is C59H60ClF10N8O13PS2. The summed E-state index contributed by atoms with van der Waals surface area (Å²) in [6.45, 7) is 7.22. The summed E-state index contributed by atoms with van der Waals surface area (Å²) < 4.78 is 234. The quantitative estimate of drug-likeness (QED) is 0.0305. The topological polar surface area (TPSA) is 291 Å². The minimum atomic E-state index is -5.29. The molecule has 0 bridgehead atoms. The highest BCUT2D eigenvalue weighted by atomic mass is 35.5. The number of sulfone groups is 1. The van der Waals surface area contributed by atoms with Crippen LogP contribution in [0.1, 0.15) is 136 Å². The number of alkyl halides is 8. The zero-order chi connectivity index (χ0) is 70.3. The molecule has 6 aromatic rings. The molecule has 0 saturated heterocycles. The average molecular weight is 1410 g/mol. The standard InChI is InChI=1S/C59H60ClF10N8O13PS2/c1-28(2)89-92(84,90-29(3)4)91-42-21-32(53(71)83)20-31(22-45(81)82)48(42)55(5,6)25-44(80)78(94(10,87)88)54-47-40(60)14-13-37(50(47)77(75-54)27-57(63,64)65)36-12-11-35(15-16-56(7,8)93(9,85)86)72-49(36)41(19-30-17-33(61)23-34(62)18-30)73-43(79)26-76-52-46(51(74-76)59(68,69)70)38-24-39(38)58(52,66)67/h11-14,17-18,20-21,23,28-29,38-39,41H,19,22,24-27H2,1-10H3,(H2,71,83)(H,73,79)(H,81,82)/t38-,39+,41-/m0/s1. The zero-order valence-corrected chi connectivity index (χ0v) is 54.6. The van der Waals surface area contributed by atoms with Gasteiger partial charge in [-0.25, -0.2) is 35.2 Å². The minimum absolute atomic E-state index is 0.0183. The van der Waals surface area contributed by atoms with Crippen LogP contribution in [0.5, 0.6) is 5.75 Å². The average Bonchev–Trinajstić information content (AvgIpc) is 1.52. The number of nitrogens with zero attached hydrogens (tertiary/aromatic N) is 6. The van der Waals surface area contributed by atoms with Gasteiger partial charge in [-0.15, -0.1) is 0 Å². The smallest absolute Gasteiger partial charge is 0.481 e. The SMILES string of the molecule is CC(C)OP(=O)(Oc1cc(C(N)=O)cc(CC(=O)O)c1C(C)(C)CC(=O)N(c1nn(CC(F)(F)F)c2c(-c3ccc(C#CC(C)(C)S(C)(=O)=O)nc3[C@H](Cc3cc(F)cc(F)c3)NC(=O)Cn3nc(C(F)(F)F)c4c3C(F)(F)[C@@H]3C[C@H]43)ccc(Cl)c12)S(C)(=O)=O)OC(C)C. The lowest BCUT2D eigenvalue weighted by molar-refractivity contribution is -0.143. The number of carboxylic acids is 1. The van der Waals surface area contributed by atoms with Crippen LogP contribution in [0.4, 0.5) is 49.7 Å². The van der Waals surface area contributed by atoms with Crippen molar-refractivity contribution in [2.24, 2.45) is 11.7 Å². The van der Waals surface area contributed by atoms with E-state index in [-0.39, 0.29) is 42.5 Å². The number of pyridine rings is 1. The first-order valence-corrected chi connectivity index (χ1v) is 33.8. The van der Waals surface area contributed by atoms with E-state index in [9.17, 15) is 54.1 Å². The van der Waals surface area contributed by atoms with Gasteiger partial charge in [0.2, 0.25) is 27.7 Å². The molecule has 3 aromatic heterocycles. The number of rotatable bonds is 23. The third-order valence-electron chi connectivity index (χ3n) is 15.0. The molecule has 8 rings (SSSR count). The fourth-order valence-corrected chi connectivity index (χ4v) is 14.0. The first kappa shape index (κ1) is 72.2. The number of nitrogens with two attached hydrogens (primary N) is 1.